The smallest absolute Gasteiger partial charge is 0.332 e. The predicted octanol–water partition coefficient (Wildman–Crippen LogP) is 4.52. The van der Waals surface area contributed by atoms with Gasteiger partial charge in [-0.15, -0.1) is 5.92 Å². The van der Waals surface area contributed by atoms with Gasteiger partial charge in [0.2, 0.25) is 6.79 Å². The van der Waals surface area contributed by atoms with Crippen LogP contribution in [0.4, 0.5) is 4.79 Å². The number of benzene rings is 1. The van der Waals surface area contributed by atoms with Crippen molar-refractivity contribution in [2.75, 3.05) is 6.79 Å². The molecule has 2 fully saturated rings. The number of hydrogen-bond donors (Lipinski definition) is 3. The summed E-state index contributed by atoms with van der Waals surface area (Å²) in [7, 11) is 0. The summed E-state index contributed by atoms with van der Waals surface area (Å²) in [4.78, 5) is 11.2. The molecule has 4 aliphatic carbocycles. The van der Waals surface area contributed by atoms with Crippen LogP contribution >= 0.6 is 0 Å². The number of ether oxygens (including phenoxy) is 2. The summed E-state index contributed by atoms with van der Waals surface area (Å²) < 4.78 is 11.3. The Labute approximate surface area is 211 Å². The lowest BCUT2D eigenvalue weighted by Crippen LogP contribution is -2.51. The van der Waals surface area contributed by atoms with Gasteiger partial charge in [-0.1, -0.05) is 24.5 Å². The van der Waals surface area contributed by atoms with Gasteiger partial charge in [0, 0.05) is 11.3 Å². The van der Waals surface area contributed by atoms with E-state index in [1.807, 2.05) is 13.0 Å². The van der Waals surface area contributed by atoms with Crippen molar-refractivity contribution in [3.8, 4) is 23.3 Å². The molecule has 7 nitrogen and oxygen atoms in total. The van der Waals surface area contributed by atoms with Gasteiger partial charge in [0.25, 0.3) is 0 Å². The Balaban J connectivity index is 1.48. The number of allylic oxidation sites excluding steroid dienone is 4. The lowest BCUT2D eigenvalue weighted by molar-refractivity contribution is -0.0513. The van der Waals surface area contributed by atoms with Crippen LogP contribution in [0.1, 0.15) is 70.3 Å². The largest absolute Gasteiger partial charge is 0.454 e. The summed E-state index contributed by atoms with van der Waals surface area (Å²) in [5.74, 6) is 8.79. The molecular formula is C29H33N3O4. The first kappa shape index (κ1) is 23.2. The van der Waals surface area contributed by atoms with Gasteiger partial charge in [-0.25, -0.2) is 10.2 Å². The van der Waals surface area contributed by atoms with E-state index in [4.69, 9.17) is 15.2 Å². The molecule has 4 N–H and O–H groups in total. The van der Waals surface area contributed by atoms with Crippen LogP contribution in [-0.4, -0.2) is 29.2 Å². The minimum absolute atomic E-state index is 0.162. The molecule has 1 aromatic carbocycles. The number of hydrogen-bond acceptors (Lipinski definition) is 5. The van der Waals surface area contributed by atoms with E-state index >= 15 is 0 Å². The first-order chi connectivity index (χ1) is 17.3. The molecule has 0 saturated heterocycles. The minimum Gasteiger partial charge on any atom is -0.454 e. The van der Waals surface area contributed by atoms with Crippen molar-refractivity contribution in [3.05, 3.63) is 46.6 Å². The van der Waals surface area contributed by atoms with Crippen molar-refractivity contribution in [2.45, 2.75) is 70.3 Å². The SMILES string of the molecule is CC#C[C@]1(O)CC[C@H]2[C@@H]3CCC4=C/C(=N/NC(N)=O)CCC4=C3[C@@H](c3ccc4c(c3)OCO4)C[C@@]21C. The zero-order chi connectivity index (χ0) is 25.1. The van der Waals surface area contributed by atoms with Crippen molar-refractivity contribution in [3.63, 3.8) is 0 Å². The van der Waals surface area contributed by atoms with Gasteiger partial charge in [0.1, 0.15) is 5.60 Å². The summed E-state index contributed by atoms with van der Waals surface area (Å²) in [6.45, 7) is 4.34. The normalized spacial score (nSPS) is 35.2. The maximum Gasteiger partial charge on any atom is 0.332 e. The first-order valence-electron chi connectivity index (χ1n) is 12.9. The molecule has 1 aliphatic heterocycles. The highest BCUT2D eigenvalue weighted by Gasteiger charge is 2.62. The van der Waals surface area contributed by atoms with Crippen LogP contribution in [0.3, 0.4) is 0 Å². The maximum absolute atomic E-state index is 11.8. The van der Waals surface area contributed by atoms with Crippen molar-refractivity contribution >= 4 is 11.7 Å². The van der Waals surface area contributed by atoms with Crippen molar-refractivity contribution in [1.29, 1.82) is 0 Å². The van der Waals surface area contributed by atoms with Gasteiger partial charge in [0.15, 0.2) is 11.5 Å². The van der Waals surface area contributed by atoms with Crippen molar-refractivity contribution in [1.82, 2.24) is 5.43 Å². The average Bonchev–Trinajstić information content (AvgIpc) is 3.43. The van der Waals surface area contributed by atoms with E-state index < -0.39 is 11.6 Å². The van der Waals surface area contributed by atoms with E-state index in [1.54, 1.807) is 0 Å². The number of amides is 2. The highest BCUT2D eigenvalue weighted by atomic mass is 16.7. The number of nitrogens with two attached hydrogens (primary N) is 1. The lowest BCUT2D eigenvalue weighted by Gasteiger charge is -2.53. The fraction of sp³-hybridized carbons (Fsp3) is 0.517. The van der Waals surface area contributed by atoms with E-state index in [0.717, 1.165) is 62.2 Å². The van der Waals surface area contributed by atoms with Crippen LogP contribution < -0.4 is 20.6 Å². The van der Waals surface area contributed by atoms with Gasteiger partial charge >= 0.3 is 6.03 Å². The molecule has 5 aliphatic rings. The monoisotopic (exact) mass is 487 g/mol. The number of nitrogens with one attached hydrogen (secondary N) is 1. The second-order valence-electron chi connectivity index (χ2n) is 11.0. The zero-order valence-electron chi connectivity index (χ0n) is 20.9. The van der Waals surface area contributed by atoms with Crippen LogP contribution in [0.5, 0.6) is 11.5 Å². The molecule has 1 heterocycles. The highest BCUT2D eigenvalue weighted by Crippen LogP contribution is 2.66. The quantitative estimate of drug-likeness (QED) is 0.421. The number of carbonyl (C=O) groups excluding carboxylic acids is 1. The molecule has 0 spiro atoms. The van der Waals surface area contributed by atoms with Crippen molar-refractivity contribution in [2.24, 2.45) is 28.1 Å². The Bertz CT molecular complexity index is 1280. The number of urea groups is 1. The van der Waals surface area contributed by atoms with E-state index in [9.17, 15) is 9.90 Å². The lowest BCUT2D eigenvalue weighted by atomic mass is 9.51. The molecule has 0 aromatic heterocycles. The Hall–Kier alpha value is -3.24. The van der Waals surface area contributed by atoms with Gasteiger partial charge < -0.3 is 20.3 Å². The summed E-state index contributed by atoms with van der Waals surface area (Å²) in [5.41, 5.74) is 12.7. The molecule has 0 unspecified atom stereocenters. The number of carbonyl (C=O) groups is 1. The third kappa shape index (κ3) is 3.46. The molecule has 1 aromatic rings. The Kier molecular flexibility index (Phi) is 5.42. The summed E-state index contributed by atoms with van der Waals surface area (Å²) in [6.07, 6.45) is 8.35. The fourth-order valence-electron chi connectivity index (χ4n) is 7.73. The summed E-state index contributed by atoms with van der Waals surface area (Å²) in [6, 6.07) is 5.66. The Morgan fingerprint density at radius 3 is 2.86 bits per heavy atom. The highest BCUT2D eigenvalue weighted by molar-refractivity contribution is 5.98. The number of rotatable bonds is 2. The Morgan fingerprint density at radius 2 is 2.06 bits per heavy atom. The third-order valence-electron chi connectivity index (χ3n) is 9.34. The molecule has 0 radical (unpaired) electrons. The van der Waals surface area contributed by atoms with E-state index in [1.165, 1.54) is 22.3 Å². The van der Waals surface area contributed by atoms with Crippen LogP contribution in [0.25, 0.3) is 0 Å². The van der Waals surface area contributed by atoms with E-state index in [0.29, 0.717) is 11.8 Å². The third-order valence-corrected chi connectivity index (χ3v) is 9.34. The van der Waals surface area contributed by atoms with Gasteiger partial charge in [-0.05, 0) is 98.6 Å². The molecular weight excluding hydrogens is 454 g/mol. The molecule has 7 heteroatoms. The molecule has 6 rings (SSSR count). The van der Waals surface area contributed by atoms with Gasteiger partial charge in [-0.2, -0.15) is 5.10 Å². The van der Waals surface area contributed by atoms with E-state index in [2.05, 4.69) is 47.5 Å². The first-order valence-corrected chi connectivity index (χ1v) is 12.9. The topological polar surface area (TPSA) is 106 Å². The van der Waals surface area contributed by atoms with Crippen molar-refractivity contribution < 1.29 is 19.4 Å². The molecule has 5 atom stereocenters. The predicted molar refractivity (Wildman–Crippen MR) is 136 cm³/mol. The zero-order valence-corrected chi connectivity index (χ0v) is 20.9. The number of hydrazone groups is 1. The number of fused-ring (bicyclic) bond motifs is 5. The van der Waals surface area contributed by atoms with Gasteiger partial charge in [0.05, 0.1) is 5.71 Å². The number of aliphatic hydroxyl groups is 1. The molecule has 0 bridgehead atoms. The van der Waals surface area contributed by atoms with Crippen LogP contribution in [0.15, 0.2) is 46.1 Å². The molecule has 2 saturated carbocycles. The van der Waals surface area contributed by atoms with Crippen LogP contribution in [0.2, 0.25) is 0 Å². The second-order valence-corrected chi connectivity index (χ2v) is 11.0. The number of nitrogens with zero attached hydrogens (tertiary/aromatic N) is 1. The standard InChI is InChI=1S/C29H33N3O4/c1-3-11-29(34)12-10-23-21-7-4-17-13-19(31-32-27(30)33)6-8-20(17)26(21)22(15-28(23,29)2)18-5-9-24-25(14-18)36-16-35-24/h5,9,13-14,21-23,34H,4,6-8,10,12,15-16H2,1-2H3,(H3,30,32,33)/b31-19+/t21-,22+,23-,28-,29-/m0/s1. The maximum atomic E-state index is 11.8. The molecule has 188 valence electrons. The van der Waals surface area contributed by atoms with E-state index in [-0.39, 0.29) is 18.1 Å². The average molecular weight is 488 g/mol. The number of primary amides is 1. The van der Waals surface area contributed by atoms with Gasteiger partial charge in [-0.3, -0.25) is 0 Å². The second kappa shape index (κ2) is 8.41. The van der Waals surface area contributed by atoms with Crippen LogP contribution in [0, 0.1) is 29.1 Å². The summed E-state index contributed by atoms with van der Waals surface area (Å²) in [5, 5.41) is 16.0. The Morgan fingerprint density at radius 1 is 1.22 bits per heavy atom. The minimum atomic E-state index is -0.972. The van der Waals surface area contributed by atoms with Crippen LogP contribution in [-0.2, 0) is 0 Å². The summed E-state index contributed by atoms with van der Waals surface area (Å²) >= 11 is 0. The molecule has 2 amide bonds. The fourth-order valence-corrected chi connectivity index (χ4v) is 7.73. The molecule has 36 heavy (non-hydrogen) atoms.